The van der Waals surface area contributed by atoms with Crippen LogP contribution in [0.15, 0.2) is 59.2 Å². The lowest BCUT2D eigenvalue weighted by Crippen LogP contribution is -2.48. The molecule has 5 rings (SSSR count). The van der Waals surface area contributed by atoms with Crippen molar-refractivity contribution in [1.29, 1.82) is 0 Å². The summed E-state index contributed by atoms with van der Waals surface area (Å²) in [4.78, 5) is 28.9. The molecule has 3 heterocycles. The maximum Gasteiger partial charge on any atom is 0.289 e. The van der Waals surface area contributed by atoms with Crippen molar-refractivity contribution in [3.63, 3.8) is 0 Å². The Morgan fingerprint density at radius 2 is 1.77 bits per heavy atom. The first-order valence-electron chi connectivity index (χ1n) is 10.9. The van der Waals surface area contributed by atoms with Gasteiger partial charge in [0.1, 0.15) is 0 Å². The number of anilines is 2. The van der Waals surface area contributed by atoms with E-state index >= 15 is 0 Å². The number of benzene rings is 2. The quantitative estimate of drug-likeness (QED) is 0.510. The minimum Gasteiger partial charge on any atom is -0.459 e. The highest BCUT2D eigenvalue weighted by Gasteiger charge is 2.25. The number of hydrogen-bond acceptors (Lipinski definition) is 7. The van der Waals surface area contributed by atoms with Crippen LogP contribution in [0.2, 0.25) is 5.02 Å². The average molecular weight is 513 g/mol. The van der Waals surface area contributed by atoms with Crippen molar-refractivity contribution in [2.24, 2.45) is 0 Å². The molecule has 0 spiro atoms. The number of furan rings is 1. The molecule has 2 aliphatic heterocycles. The lowest BCUT2D eigenvalue weighted by molar-refractivity contribution is 0.0714. The van der Waals surface area contributed by atoms with Crippen molar-refractivity contribution in [3.05, 3.63) is 71.1 Å². The first-order chi connectivity index (χ1) is 17.0. The van der Waals surface area contributed by atoms with Crippen LogP contribution in [-0.4, -0.2) is 54.8 Å². The molecule has 2 N–H and O–H groups in total. The van der Waals surface area contributed by atoms with Gasteiger partial charge in [0.15, 0.2) is 22.4 Å². The minimum atomic E-state index is -0.370. The smallest absolute Gasteiger partial charge is 0.289 e. The van der Waals surface area contributed by atoms with Crippen LogP contribution in [0.4, 0.5) is 11.4 Å². The third-order valence-electron chi connectivity index (χ3n) is 5.71. The Kier molecular flexibility index (Phi) is 6.47. The molecular formula is C24H21ClN4O5S. The second-order valence-corrected chi connectivity index (χ2v) is 8.71. The monoisotopic (exact) mass is 512 g/mol. The Morgan fingerprint density at radius 3 is 2.51 bits per heavy atom. The Hall–Kier alpha value is -3.76. The van der Waals surface area contributed by atoms with Crippen LogP contribution < -0.4 is 25.0 Å². The fourth-order valence-electron chi connectivity index (χ4n) is 3.92. The van der Waals surface area contributed by atoms with Gasteiger partial charge in [-0.3, -0.25) is 14.9 Å². The van der Waals surface area contributed by atoms with E-state index in [0.29, 0.717) is 59.7 Å². The van der Waals surface area contributed by atoms with Gasteiger partial charge < -0.3 is 29.0 Å². The zero-order valence-electron chi connectivity index (χ0n) is 18.5. The standard InChI is InChI=1S/C24H21ClN4O5S/c25-17-13-16(26-24(35)27-22(30)15-3-6-19-21(12-15)34-14-33-19)4-5-18(17)28-7-9-29(10-8-28)23(31)20-2-1-11-32-20/h1-6,11-13H,7-10,14H2,(H2,26,27,30,35). The lowest BCUT2D eigenvalue weighted by atomic mass is 10.2. The van der Waals surface area contributed by atoms with Gasteiger partial charge in [0, 0.05) is 37.4 Å². The van der Waals surface area contributed by atoms with E-state index in [1.807, 2.05) is 12.1 Å². The van der Waals surface area contributed by atoms with E-state index in [0.717, 1.165) is 5.69 Å². The van der Waals surface area contributed by atoms with Gasteiger partial charge in [0.25, 0.3) is 11.8 Å². The summed E-state index contributed by atoms with van der Waals surface area (Å²) in [5.41, 5.74) is 1.90. The number of fused-ring (bicyclic) bond motifs is 1. The molecule has 1 aromatic heterocycles. The van der Waals surface area contributed by atoms with E-state index < -0.39 is 0 Å². The Labute approximate surface area is 211 Å². The molecule has 3 aromatic rings. The molecule has 35 heavy (non-hydrogen) atoms. The van der Waals surface area contributed by atoms with E-state index in [9.17, 15) is 9.59 Å². The van der Waals surface area contributed by atoms with E-state index in [2.05, 4.69) is 15.5 Å². The molecule has 2 aliphatic rings. The SMILES string of the molecule is O=C(NC(=S)Nc1ccc(N2CCN(C(=O)c3ccco3)CC2)c(Cl)c1)c1ccc2c(c1)OCO2. The van der Waals surface area contributed by atoms with Crippen LogP contribution in [0.3, 0.4) is 0 Å². The third-order valence-corrected chi connectivity index (χ3v) is 6.21. The Bertz CT molecular complexity index is 1270. The molecule has 180 valence electrons. The highest BCUT2D eigenvalue weighted by molar-refractivity contribution is 7.80. The van der Waals surface area contributed by atoms with Gasteiger partial charge in [-0.25, -0.2) is 0 Å². The molecule has 0 saturated carbocycles. The van der Waals surface area contributed by atoms with Crippen LogP contribution in [0.1, 0.15) is 20.9 Å². The number of amides is 2. The molecule has 0 aliphatic carbocycles. The first kappa shape index (κ1) is 23.0. The van der Waals surface area contributed by atoms with Crippen molar-refractivity contribution in [2.45, 2.75) is 0 Å². The maximum absolute atomic E-state index is 12.5. The van der Waals surface area contributed by atoms with Gasteiger partial charge in [-0.05, 0) is 60.7 Å². The third kappa shape index (κ3) is 5.03. The molecule has 11 heteroatoms. The van der Waals surface area contributed by atoms with Crippen molar-refractivity contribution in [1.82, 2.24) is 10.2 Å². The van der Waals surface area contributed by atoms with Crippen LogP contribution in [-0.2, 0) is 0 Å². The summed E-state index contributed by atoms with van der Waals surface area (Å²) in [5.74, 6) is 0.975. The van der Waals surface area contributed by atoms with Crippen molar-refractivity contribution in [2.75, 3.05) is 43.2 Å². The van der Waals surface area contributed by atoms with Gasteiger partial charge in [0.2, 0.25) is 6.79 Å². The van der Waals surface area contributed by atoms with Crippen molar-refractivity contribution in [3.8, 4) is 11.5 Å². The minimum absolute atomic E-state index is 0.114. The number of piperazine rings is 1. The predicted molar refractivity (Wildman–Crippen MR) is 135 cm³/mol. The number of nitrogens with zero attached hydrogens (tertiary/aromatic N) is 2. The number of carbonyl (C=O) groups is 2. The zero-order valence-corrected chi connectivity index (χ0v) is 20.0. The van der Waals surface area contributed by atoms with Crippen molar-refractivity contribution < 1.29 is 23.5 Å². The van der Waals surface area contributed by atoms with Gasteiger partial charge >= 0.3 is 0 Å². The summed E-state index contributed by atoms with van der Waals surface area (Å²) < 4.78 is 15.8. The first-order valence-corrected chi connectivity index (χ1v) is 11.7. The molecule has 2 amide bonds. The molecule has 2 aromatic carbocycles. The zero-order chi connectivity index (χ0) is 24.4. The highest BCUT2D eigenvalue weighted by atomic mass is 35.5. The van der Waals surface area contributed by atoms with Crippen molar-refractivity contribution >= 4 is 52.1 Å². The summed E-state index contributed by atoms with van der Waals surface area (Å²) in [5, 5.41) is 6.30. The molecular weight excluding hydrogens is 492 g/mol. The normalized spacial score (nSPS) is 14.5. The van der Waals surface area contributed by atoms with Crippen LogP contribution in [0, 0.1) is 0 Å². The van der Waals surface area contributed by atoms with Crippen LogP contribution in [0.25, 0.3) is 0 Å². The van der Waals surface area contributed by atoms with E-state index in [4.69, 9.17) is 37.7 Å². The van der Waals surface area contributed by atoms with Gasteiger partial charge in [0.05, 0.1) is 17.0 Å². The van der Waals surface area contributed by atoms with Gasteiger partial charge in [-0.15, -0.1) is 0 Å². The van der Waals surface area contributed by atoms with E-state index in [1.165, 1.54) is 6.26 Å². The summed E-state index contributed by atoms with van der Waals surface area (Å²) in [7, 11) is 0. The Morgan fingerprint density at radius 1 is 0.971 bits per heavy atom. The summed E-state index contributed by atoms with van der Waals surface area (Å²) in [6.07, 6.45) is 1.49. The molecule has 0 bridgehead atoms. The van der Waals surface area contributed by atoms with Gasteiger partial charge in [-0.1, -0.05) is 11.6 Å². The highest BCUT2D eigenvalue weighted by Crippen LogP contribution is 2.32. The largest absolute Gasteiger partial charge is 0.459 e. The molecule has 0 atom stereocenters. The van der Waals surface area contributed by atoms with Crippen LogP contribution in [0.5, 0.6) is 11.5 Å². The number of rotatable bonds is 4. The lowest BCUT2D eigenvalue weighted by Gasteiger charge is -2.36. The Balaban J connectivity index is 1.16. The number of hydrogen-bond donors (Lipinski definition) is 2. The molecule has 0 unspecified atom stereocenters. The van der Waals surface area contributed by atoms with Gasteiger partial charge in [-0.2, -0.15) is 0 Å². The number of nitrogens with one attached hydrogen (secondary N) is 2. The number of halogens is 1. The molecule has 1 saturated heterocycles. The topological polar surface area (TPSA) is 96.3 Å². The number of ether oxygens (including phenoxy) is 2. The second kappa shape index (κ2) is 9.85. The fourth-order valence-corrected chi connectivity index (χ4v) is 4.43. The molecule has 9 nitrogen and oxygen atoms in total. The molecule has 0 radical (unpaired) electrons. The average Bonchev–Trinajstić information content (AvgIpc) is 3.55. The van der Waals surface area contributed by atoms with E-state index in [-0.39, 0.29) is 23.7 Å². The predicted octanol–water partition coefficient (Wildman–Crippen LogP) is 3.75. The van der Waals surface area contributed by atoms with E-state index in [1.54, 1.807) is 41.3 Å². The summed E-state index contributed by atoms with van der Waals surface area (Å²) in [6, 6.07) is 13.8. The maximum atomic E-state index is 12.5. The fraction of sp³-hybridized carbons (Fsp3) is 0.208. The number of carbonyl (C=O) groups excluding carboxylic acids is 2. The summed E-state index contributed by atoms with van der Waals surface area (Å²) >= 11 is 11.8. The number of thiocarbonyl (C=S) groups is 1. The van der Waals surface area contributed by atoms with Crippen LogP contribution >= 0.6 is 23.8 Å². The summed E-state index contributed by atoms with van der Waals surface area (Å²) in [6.45, 7) is 2.54. The second-order valence-electron chi connectivity index (χ2n) is 7.90. The molecule has 1 fully saturated rings.